The van der Waals surface area contributed by atoms with Crippen molar-refractivity contribution in [3.05, 3.63) is 106 Å². The summed E-state index contributed by atoms with van der Waals surface area (Å²) in [6, 6.07) is 14.8. The Morgan fingerprint density at radius 2 is 1.67 bits per heavy atom. The van der Waals surface area contributed by atoms with Gasteiger partial charge in [0.15, 0.2) is 0 Å². The first kappa shape index (κ1) is 30.3. The highest BCUT2D eigenvalue weighted by Gasteiger charge is 2.14. The Hall–Kier alpha value is -4.63. The van der Waals surface area contributed by atoms with E-state index in [1.54, 1.807) is 18.3 Å². The summed E-state index contributed by atoms with van der Waals surface area (Å²) in [5, 5.41) is 18.9. The predicted octanol–water partition coefficient (Wildman–Crippen LogP) is 7.25. The third kappa shape index (κ3) is 8.20. The van der Waals surface area contributed by atoms with Crippen LogP contribution >= 0.6 is 11.6 Å². The van der Waals surface area contributed by atoms with Crippen LogP contribution in [-0.2, 0) is 22.6 Å². The summed E-state index contributed by atoms with van der Waals surface area (Å²) in [7, 11) is 0. The quantitative estimate of drug-likeness (QED) is 0.0905. The minimum absolute atomic E-state index is 0.0339. The summed E-state index contributed by atoms with van der Waals surface area (Å²) < 4.78 is 39.7. The predicted molar refractivity (Wildman–Crippen MR) is 157 cm³/mol. The summed E-state index contributed by atoms with van der Waals surface area (Å²) in [4.78, 5) is 22.4. The molecule has 0 saturated carbocycles. The van der Waals surface area contributed by atoms with Crippen LogP contribution in [0.2, 0.25) is 5.02 Å². The number of hydrogen-bond acceptors (Lipinski definition) is 4. The molecular formula is C32H28ClF2NO6. The number of benzene rings is 3. The highest BCUT2D eigenvalue weighted by molar-refractivity contribution is 6.32. The van der Waals surface area contributed by atoms with E-state index >= 15 is 0 Å². The fourth-order valence-corrected chi connectivity index (χ4v) is 4.57. The number of nitrogens with zero attached hydrogens (tertiary/aromatic N) is 1. The number of aryl methyl sites for hydroxylation is 1. The minimum atomic E-state index is -0.942. The van der Waals surface area contributed by atoms with E-state index in [0.29, 0.717) is 30.3 Å². The molecule has 0 atom stereocenters. The average molecular weight is 596 g/mol. The lowest BCUT2D eigenvalue weighted by molar-refractivity contribution is -0.137. The normalized spacial score (nSPS) is 11.5. The third-order valence-corrected chi connectivity index (χ3v) is 6.66. The molecule has 218 valence electrons. The molecule has 0 unspecified atom stereocenters. The molecule has 1 heterocycles. The Labute approximate surface area is 245 Å². The molecule has 0 bridgehead atoms. The van der Waals surface area contributed by atoms with Crippen molar-refractivity contribution in [2.24, 2.45) is 0 Å². The van der Waals surface area contributed by atoms with Crippen LogP contribution < -0.4 is 9.47 Å². The first-order valence-electron chi connectivity index (χ1n) is 13.1. The summed E-state index contributed by atoms with van der Waals surface area (Å²) in [5.74, 6) is -2.92. The van der Waals surface area contributed by atoms with Gasteiger partial charge in [-0.1, -0.05) is 48.0 Å². The molecule has 0 aliphatic carbocycles. The van der Waals surface area contributed by atoms with E-state index < -0.39 is 23.6 Å². The maximum Gasteiger partial charge on any atom is 0.307 e. The summed E-state index contributed by atoms with van der Waals surface area (Å²) >= 11 is 5.77. The van der Waals surface area contributed by atoms with Crippen molar-refractivity contribution >= 4 is 46.6 Å². The minimum Gasteiger partial charge on any atom is -0.490 e. The van der Waals surface area contributed by atoms with Crippen molar-refractivity contribution in [3.63, 3.8) is 0 Å². The molecular weight excluding hydrogens is 568 g/mol. The zero-order valence-corrected chi connectivity index (χ0v) is 23.2. The van der Waals surface area contributed by atoms with Gasteiger partial charge in [0.05, 0.1) is 6.42 Å². The van der Waals surface area contributed by atoms with Crippen molar-refractivity contribution in [2.45, 2.75) is 25.8 Å². The van der Waals surface area contributed by atoms with E-state index in [0.717, 1.165) is 28.1 Å². The van der Waals surface area contributed by atoms with E-state index in [4.69, 9.17) is 26.2 Å². The van der Waals surface area contributed by atoms with Crippen LogP contribution in [0.25, 0.3) is 23.1 Å². The van der Waals surface area contributed by atoms with Gasteiger partial charge >= 0.3 is 11.9 Å². The topological polar surface area (TPSA) is 98.0 Å². The van der Waals surface area contributed by atoms with Gasteiger partial charge in [0.2, 0.25) is 0 Å². The number of aliphatic carboxylic acids is 2. The largest absolute Gasteiger partial charge is 0.490 e. The first-order chi connectivity index (χ1) is 20.2. The van der Waals surface area contributed by atoms with Gasteiger partial charge in [-0.05, 0) is 53.5 Å². The number of aromatic nitrogens is 1. The SMILES string of the molecule is O=C(O)CCCn1cc(CC(=O)O)c2c(C=Cc3ccc(OCC=CCOc4cc(F)cc(F)c4Cl)cc3)cccc21. The smallest absolute Gasteiger partial charge is 0.307 e. The zero-order chi connectivity index (χ0) is 30.1. The lowest BCUT2D eigenvalue weighted by Crippen LogP contribution is -2.01. The Kier molecular flexibility index (Phi) is 10.3. The molecule has 0 amide bonds. The summed E-state index contributed by atoms with van der Waals surface area (Å²) in [5.41, 5.74) is 3.28. The monoisotopic (exact) mass is 595 g/mol. The van der Waals surface area contributed by atoms with Crippen LogP contribution in [0.1, 0.15) is 29.5 Å². The molecule has 4 rings (SSSR count). The molecule has 7 nitrogen and oxygen atoms in total. The highest BCUT2D eigenvalue weighted by atomic mass is 35.5. The molecule has 0 aliphatic heterocycles. The van der Waals surface area contributed by atoms with E-state index in [-0.39, 0.29) is 36.8 Å². The second kappa shape index (κ2) is 14.3. The second-order valence-corrected chi connectivity index (χ2v) is 9.73. The molecule has 3 aromatic carbocycles. The number of carbonyl (C=O) groups is 2. The average Bonchev–Trinajstić information content (AvgIpc) is 3.29. The molecule has 1 aromatic heterocycles. The number of rotatable bonds is 14. The molecule has 0 fully saturated rings. The van der Waals surface area contributed by atoms with Crippen LogP contribution in [0.15, 0.2) is 72.9 Å². The van der Waals surface area contributed by atoms with Gasteiger partial charge < -0.3 is 24.3 Å². The van der Waals surface area contributed by atoms with Crippen LogP contribution in [0.4, 0.5) is 8.78 Å². The third-order valence-electron chi connectivity index (χ3n) is 6.29. The number of halogens is 3. The Morgan fingerprint density at radius 1 is 0.929 bits per heavy atom. The maximum atomic E-state index is 13.5. The van der Waals surface area contributed by atoms with Gasteiger partial charge in [-0.2, -0.15) is 0 Å². The van der Waals surface area contributed by atoms with Crippen LogP contribution in [0.5, 0.6) is 11.5 Å². The second-order valence-electron chi connectivity index (χ2n) is 9.35. The van der Waals surface area contributed by atoms with Gasteiger partial charge in [0, 0.05) is 42.2 Å². The van der Waals surface area contributed by atoms with Crippen molar-refractivity contribution in [2.75, 3.05) is 13.2 Å². The maximum absolute atomic E-state index is 13.5. The van der Waals surface area contributed by atoms with Crippen LogP contribution in [0.3, 0.4) is 0 Å². The van der Waals surface area contributed by atoms with Crippen molar-refractivity contribution in [3.8, 4) is 11.5 Å². The molecule has 0 aliphatic rings. The van der Waals surface area contributed by atoms with E-state index in [9.17, 15) is 23.5 Å². The molecule has 42 heavy (non-hydrogen) atoms. The van der Waals surface area contributed by atoms with Gasteiger partial charge in [-0.25, -0.2) is 8.78 Å². The number of ether oxygens (including phenoxy) is 2. The zero-order valence-electron chi connectivity index (χ0n) is 22.4. The Bertz CT molecular complexity index is 1630. The van der Waals surface area contributed by atoms with Gasteiger partial charge in [0.1, 0.15) is 41.4 Å². The fourth-order valence-electron chi connectivity index (χ4n) is 4.41. The van der Waals surface area contributed by atoms with Crippen molar-refractivity contribution in [1.82, 2.24) is 4.57 Å². The molecule has 4 aromatic rings. The van der Waals surface area contributed by atoms with E-state index in [1.165, 1.54) is 0 Å². The van der Waals surface area contributed by atoms with Crippen molar-refractivity contribution in [1.29, 1.82) is 0 Å². The Balaban J connectivity index is 1.37. The van der Waals surface area contributed by atoms with Crippen LogP contribution in [-0.4, -0.2) is 39.9 Å². The highest BCUT2D eigenvalue weighted by Crippen LogP contribution is 2.29. The molecule has 10 heteroatoms. The fraction of sp³-hybridized carbons (Fsp3) is 0.188. The van der Waals surface area contributed by atoms with Crippen LogP contribution in [0, 0.1) is 11.6 Å². The molecule has 0 saturated heterocycles. The van der Waals surface area contributed by atoms with Crippen molar-refractivity contribution < 1.29 is 38.1 Å². The standard InChI is InChI=1S/C32H28ClF2NO6/c33-32-26(35)18-24(34)19-28(32)42-16-2-1-15-41-25-12-9-21(10-13-25)8-11-22-5-3-6-27-31(22)23(17-30(39)40)20-36(27)14-4-7-29(37)38/h1-3,5-6,8-13,18-20H,4,7,14-17H2,(H,37,38)(H,39,40). The molecule has 2 N–H and O–H groups in total. The van der Waals surface area contributed by atoms with E-state index in [1.807, 2.05) is 59.2 Å². The van der Waals surface area contributed by atoms with E-state index in [2.05, 4.69) is 0 Å². The summed E-state index contributed by atoms with van der Waals surface area (Å²) in [6.07, 6.45) is 9.32. The summed E-state index contributed by atoms with van der Waals surface area (Å²) in [6.45, 7) is 0.782. The lowest BCUT2D eigenvalue weighted by Gasteiger charge is -2.07. The first-order valence-corrected chi connectivity index (χ1v) is 13.5. The lowest BCUT2D eigenvalue weighted by atomic mass is 10.0. The number of carboxylic acids is 2. The number of fused-ring (bicyclic) bond motifs is 1. The Morgan fingerprint density at radius 3 is 2.38 bits per heavy atom. The van der Waals surface area contributed by atoms with Gasteiger partial charge in [-0.15, -0.1) is 0 Å². The van der Waals surface area contributed by atoms with Gasteiger partial charge in [0.25, 0.3) is 0 Å². The molecule has 0 spiro atoms. The number of carboxylic acid groups (broad SMARTS) is 2. The molecule has 0 radical (unpaired) electrons. The van der Waals surface area contributed by atoms with Gasteiger partial charge in [-0.3, -0.25) is 9.59 Å². The number of hydrogen-bond donors (Lipinski definition) is 2.